The van der Waals surface area contributed by atoms with Crippen molar-refractivity contribution in [2.24, 2.45) is 5.92 Å². The number of carbonyl (C=O) groups is 2. The van der Waals surface area contributed by atoms with Gasteiger partial charge < -0.3 is 4.98 Å². The predicted octanol–water partition coefficient (Wildman–Crippen LogP) is 3.16. The second-order valence-electron chi connectivity index (χ2n) is 6.79. The average Bonchev–Trinajstić information content (AvgIpc) is 3.02. The first-order valence-corrected chi connectivity index (χ1v) is 9.76. The van der Waals surface area contributed by atoms with Gasteiger partial charge in [0.05, 0.1) is 33.7 Å². The number of hydrogen-bond donors (Lipinski definition) is 2. The summed E-state index contributed by atoms with van der Waals surface area (Å²) in [7, 11) is 0. The molecule has 1 aliphatic carbocycles. The number of benzene rings is 1. The summed E-state index contributed by atoms with van der Waals surface area (Å²) >= 11 is 1.32. The molecule has 2 aromatic heterocycles. The maximum atomic E-state index is 12.3. The van der Waals surface area contributed by atoms with E-state index in [4.69, 9.17) is 0 Å². The molecule has 0 radical (unpaired) electrons. The first-order valence-electron chi connectivity index (χ1n) is 8.77. The van der Waals surface area contributed by atoms with E-state index in [0.29, 0.717) is 22.8 Å². The summed E-state index contributed by atoms with van der Waals surface area (Å²) in [6.07, 6.45) is 1.25. The molecule has 138 valence electrons. The van der Waals surface area contributed by atoms with Gasteiger partial charge in [-0.05, 0) is 31.4 Å². The van der Waals surface area contributed by atoms with E-state index in [1.807, 2.05) is 31.2 Å². The Hall–Kier alpha value is -2.74. The number of ketones is 1. The minimum Gasteiger partial charge on any atom is -0.333 e. The molecule has 1 aromatic carbocycles. The van der Waals surface area contributed by atoms with Gasteiger partial charge in [0, 0.05) is 6.42 Å². The van der Waals surface area contributed by atoms with Crippen molar-refractivity contribution in [1.29, 1.82) is 0 Å². The van der Waals surface area contributed by atoms with Crippen molar-refractivity contribution in [2.75, 3.05) is 11.1 Å². The third-order valence-corrected chi connectivity index (χ3v) is 5.35. The van der Waals surface area contributed by atoms with Gasteiger partial charge in [0.2, 0.25) is 11.9 Å². The number of hydrogen-bond acceptors (Lipinski definition) is 6. The lowest BCUT2D eigenvalue weighted by Gasteiger charge is -2.21. The van der Waals surface area contributed by atoms with Gasteiger partial charge in [-0.25, -0.2) is 15.0 Å². The Bertz CT molecular complexity index is 1010. The number of para-hydroxylation sites is 2. The third kappa shape index (κ3) is 3.71. The van der Waals surface area contributed by atoms with Gasteiger partial charge in [-0.15, -0.1) is 0 Å². The first-order chi connectivity index (χ1) is 13.0. The minimum absolute atomic E-state index is 0.0829. The number of aromatic amines is 1. The Morgan fingerprint density at radius 2 is 2.07 bits per heavy atom. The Kier molecular flexibility index (Phi) is 4.65. The van der Waals surface area contributed by atoms with Crippen LogP contribution in [0.4, 0.5) is 5.95 Å². The molecule has 0 saturated carbocycles. The summed E-state index contributed by atoms with van der Waals surface area (Å²) in [5.41, 5.74) is 3.77. The van der Waals surface area contributed by atoms with Crippen LogP contribution in [0, 0.1) is 12.8 Å². The number of amides is 1. The lowest BCUT2D eigenvalue weighted by Crippen LogP contribution is -2.24. The molecular weight excluding hydrogens is 362 g/mol. The Labute approximate surface area is 160 Å². The number of anilines is 1. The van der Waals surface area contributed by atoms with Crippen LogP contribution in [0.15, 0.2) is 29.4 Å². The van der Waals surface area contributed by atoms with E-state index in [0.717, 1.165) is 23.1 Å². The number of aromatic nitrogens is 4. The molecule has 0 aliphatic heterocycles. The van der Waals surface area contributed by atoms with E-state index in [1.165, 1.54) is 11.8 Å². The lowest BCUT2D eigenvalue weighted by molar-refractivity contribution is -0.113. The number of imidazole rings is 1. The van der Waals surface area contributed by atoms with Crippen LogP contribution in [0.2, 0.25) is 0 Å². The van der Waals surface area contributed by atoms with E-state index in [1.54, 1.807) is 6.92 Å². The number of nitrogens with one attached hydrogen (secondary N) is 2. The van der Waals surface area contributed by atoms with Crippen LogP contribution in [0.25, 0.3) is 11.0 Å². The van der Waals surface area contributed by atoms with Crippen molar-refractivity contribution < 1.29 is 9.59 Å². The normalized spacial score (nSPS) is 16.4. The quantitative estimate of drug-likeness (QED) is 0.673. The van der Waals surface area contributed by atoms with Gasteiger partial charge in [0.1, 0.15) is 0 Å². The molecular formula is C19H19N5O2S. The number of carbonyl (C=O) groups excluding carboxylic acids is 2. The van der Waals surface area contributed by atoms with Crippen molar-refractivity contribution in [3.63, 3.8) is 0 Å². The van der Waals surface area contributed by atoms with Crippen molar-refractivity contribution in [2.45, 2.75) is 31.8 Å². The fourth-order valence-corrected chi connectivity index (χ4v) is 4.00. The first kappa shape index (κ1) is 17.7. The molecule has 2 heterocycles. The highest BCUT2D eigenvalue weighted by Gasteiger charge is 2.26. The number of fused-ring (bicyclic) bond motifs is 2. The monoisotopic (exact) mass is 381 g/mol. The van der Waals surface area contributed by atoms with Gasteiger partial charge in [-0.3, -0.25) is 14.9 Å². The van der Waals surface area contributed by atoms with Crippen LogP contribution in [-0.4, -0.2) is 37.4 Å². The Morgan fingerprint density at radius 1 is 1.26 bits per heavy atom. The van der Waals surface area contributed by atoms with Gasteiger partial charge in [0.15, 0.2) is 10.9 Å². The smallest absolute Gasteiger partial charge is 0.237 e. The maximum Gasteiger partial charge on any atom is 0.237 e. The molecule has 27 heavy (non-hydrogen) atoms. The average molecular weight is 381 g/mol. The number of Topliss-reactive ketones (excluding diaryl/α,β-unsaturated/α-hetero) is 1. The zero-order valence-corrected chi connectivity index (χ0v) is 15.9. The highest BCUT2D eigenvalue weighted by Crippen LogP contribution is 2.26. The third-order valence-electron chi connectivity index (χ3n) is 4.48. The number of H-pyrrole nitrogens is 1. The van der Waals surface area contributed by atoms with Crippen LogP contribution in [0.5, 0.6) is 0 Å². The van der Waals surface area contributed by atoms with Crippen LogP contribution in [-0.2, 0) is 11.2 Å². The van der Waals surface area contributed by atoms with Crippen molar-refractivity contribution in [1.82, 2.24) is 19.9 Å². The van der Waals surface area contributed by atoms with E-state index >= 15 is 0 Å². The Balaban J connectivity index is 1.44. The van der Waals surface area contributed by atoms with E-state index in [9.17, 15) is 9.59 Å². The molecule has 8 heteroatoms. The number of nitrogens with zero attached hydrogens (tertiary/aromatic N) is 3. The summed E-state index contributed by atoms with van der Waals surface area (Å²) in [5, 5.41) is 3.42. The molecule has 0 unspecified atom stereocenters. The topological polar surface area (TPSA) is 101 Å². The summed E-state index contributed by atoms with van der Waals surface area (Å²) < 4.78 is 0. The molecule has 0 saturated heterocycles. The molecule has 0 spiro atoms. The summed E-state index contributed by atoms with van der Waals surface area (Å²) in [4.78, 5) is 40.8. The molecule has 4 rings (SSSR count). The maximum absolute atomic E-state index is 12.3. The lowest BCUT2D eigenvalue weighted by atomic mass is 9.86. The largest absolute Gasteiger partial charge is 0.333 e. The zero-order valence-electron chi connectivity index (χ0n) is 15.1. The van der Waals surface area contributed by atoms with Gasteiger partial charge in [0.25, 0.3) is 0 Å². The van der Waals surface area contributed by atoms with E-state index in [-0.39, 0.29) is 29.3 Å². The molecule has 0 bridgehead atoms. The Morgan fingerprint density at radius 3 is 2.89 bits per heavy atom. The molecule has 2 N–H and O–H groups in total. The zero-order chi connectivity index (χ0) is 19.0. The molecule has 7 nitrogen and oxygen atoms in total. The van der Waals surface area contributed by atoms with Crippen molar-refractivity contribution in [3.8, 4) is 0 Å². The van der Waals surface area contributed by atoms with Crippen LogP contribution < -0.4 is 5.32 Å². The highest BCUT2D eigenvalue weighted by atomic mass is 32.2. The van der Waals surface area contributed by atoms with Crippen molar-refractivity contribution in [3.05, 3.63) is 41.2 Å². The van der Waals surface area contributed by atoms with E-state index in [2.05, 4.69) is 25.3 Å². The summed E-state index contributed by atoms with van der Waals surface area (Å²) in [6, 6.07) is 7.72. The summed E-state index contributed by atoms with van der Waals surface area (Å²) in [5.74, 6) is 0.568. The minimum atomic E-state index is -0.213. The molecule has 3 aromatic rings. The molecule has 1 aliphatic rings. The van der Waals surface area contributed by atoms with Gasteiger partial charge in [-0.1, -0.05) is 30.8 Å². The summed E-state index contributed by atoms with van der Waals surface area (Å²) in [6.45, 7) is 3.81. The molecule has 1 atom stereocenters. The molecule has 0 fully saturated rings. The second kappa shape index (κ2) is 7.11. The SMILES string of the molecule is Cc1nc(NC(=O)CSc2nc3ccccc3[nH]2)nc2c1C(=O)C[C@H](C)C2. The van der Waals surface area contributed by atoms with Gasteiger partial charge >= 0.3 is 0 Å². The fourth-order valence-electron chi connectivity index (χ4n) is 3.31. The second-order valence-corrected chi connectivity index (χ2v) is 7.75. The highest BCUT2D eigenvalue weighted by molar-refractivity contribution is 7.99. The van der Waals surface area contributed by atoms with Crippen molar-refractivity contribution >= 4 is 40.4 Å². The standard InChI is InChI=1S/C19H19N5O2S/c1-10-7-14-17(15(25)8-10)11(2)20-18(21-14)24-16(26)9-27-19-22-12-5-3-4-6-13(12)23-19/h3-6,10H,7-9H2,1-2H3,(H,22,23)(H,20,21,24,26)/t10-/m1/s1. The van der Waals surface area contributed by atoms with E-state index < -0.39 is 0 Å². The van der Waals surface area contributed by atoms with Gasteiger partial charge in [-0.2, -0.15) is 0 Å². The van der Waals surface area contributed by atoms with Crippen LogP contribution in [0.1, 0.15) is 35.1 Å². The molecule has 1 amide bonds. The fraction of sp³-hybridized carbons (Fsp3) is 0.316. The predicted molar refractivity (Wildman–Crippen MR) is 104 cm³/mol. The number of thioether (sulfide) groups is 1. The van der Waals surface area contributed by atoms with Crippen LogP contribution in [0.3, 0.4) is 0 Å². The number of rotatable bonds is 4. The number of aryl methyl sites for hydroxylation is 1. The van der Waals surface area contributed by atoms with Crippen LogP contribution >= 0.6 is 11.8 Å².